The number of halogens is 4. The van der Waals surface area contributed by atoms with E-state index in [0.717, 1.165) is 11.3 Å². The van der Waals surface area contributed by atoms with Gasteiger partial charge in [-0.05, 0) is 38.4 Å². The Hall–Kier alpha value is -2.96. The molecule has 1 N–H and O–H groups in total. The van der Waals surface area contributed by atoms with Gasteiger partial charge in [0.05, 0.1) is 30.1 Å². The summed E-state index contributed by atoms with van der Waals surface area (Å²) in [5.74, 6) is 0.460. The first-order valence-corrected chi connectivity index (χ1v) is 10.5. The number of hydrogen-bond acceptors (Lipinski definition) is 7. The molecule has 0 saturated carbocycles. The van der Waals surface area contributed by atoms with Gasteiger partial charge < -0.3 is 24.4 Å². The Kier molecular flexibility index (Phi) is 9.19. The van der Waals surface area contributed by atoms with Crippen molar-refractivity contribution in [1.29, 1.82) is 0 Å². The Balaban J connectivity index is 0.00000408. The van der Waals surface area contributed by atoms with Crippen molar-refractivity contribution in [3.63, 3.8) is 0 Å². The molecule has 8 nitrogen and oxygen atoms in total. The number of urea groups is 1. The van der Waals surface area contributed by atoms with Crippen molar-refractivity contribution in [3.8, 4) is 17.2 Å². The predicted octanol–water partition coefficient (Wildman–Crippen LogP) is 5.23. The van der Waals surface area contributed by atoms with Gasteiger partial charge in [-0.3, -0.25) is 4.90 Å². The average Bonchev–Trinajstić information content (AvgIpc) is 3.15. The molecule has 0 saturated heterocycles. The minimum absolute atomic E-state index is 0. The average molecular weight is 521 g/mol. The molecule has 2 amide bonds. The number of methoxy groups -OCH3 is 2. The highest BCUT2D eigenvalue weighted by molar-refractivity contribution is 7.22. The summed E-state index contributed by atoms with van der Waals surface area (Å²) >= 11 is 1.09. The van der Waals surface area contributed by atoms with Crippen LogP contribution in [0, 0.1) is 0 Å². The van der Waals surface area contributed by atoms with Crippen LogP contribution >= 0.6 is 23.7 Å². The first-order chi connectivity index (χ1) is 15.6. The van der Waals surface area contributed by atoms with Crippen molar-refractivity contribution in [2.24, 2.45) is 0 Å². The Morgan fingerprint density at radius 1 is 1.12 bits per heavy atom. The van der Waals surface area contributed by atoms with Gasteiger partial charge in [-0.1, -0.05) is 17.4 Å². The van der Waals surface area contributed by atoms with Crippen LogP contribution in [0.25, 0.3) is 10.2 Å². The number of amides is 2. The van der Waals surface area contributed by atoms with E-state index >= 15 is 0 Å². The van der Waals surface area contributed by atoms with Crippen molar-refractivity contribution in [1.82, 2.24) is 9.88 Å². The number of carbonyl (C=O) groups is 1. The molecule has 1 heterocycles. The number of nitrogens with one attached hydrogen (secondary N) is 1. The Bertz CT molecular complexity index is 1130. The topological polar surface area (TPSA) is 76.2 Å². The predicted molar refractivity (Wildman–Crippen MR) is 128 cm³/mol. The molecule has 0 unspecified atom stereocenters. The lowest BCUT2D eigenvalue weighted by molar-refractivity contribution is -0.274. The van der Waals surface area contributed by atoms with Crippen LogP contribution in [0.15, 0.2) is 36.4 Å². The number of hydrogen-bond donors (Lipinski definition) is 1. The largest absolute Gasteiger partial charge is 0.573 e. The molecule has 3 aromatic rings. The monoisotopic (exact) mass is 520 g/mol. The minimum atomic E-state index is -4.80. The molecule has 1 aromatic heterocycles. The van der Waals surface area contributed by atoms with Gasteiger partial charge in [0, 0.05) is 19.2 Å². The number of carbonyl (C=O) groups excluding carboxylic acids is 1. The van der Waals surface area contributed by atoms with Gasteiger partial charge in [-0.15, -0.1) is 25.6 Å². The molecule has 186 valence electrons. The Labute approximate surface area is 204 Å². The smallest absolute Gasteiger partial charge is 0.493 e. The Morgan fingerprint density at radius 3 is 2.47 bits per heavy atom. The zero-order valence-electron chi connectivity index (χ0n) is 18.8. The van der Waals surface area contributed by atoms with Crippen LogP contribution in [0.1, 0.15) is 0 Å². The molecule has 34 heavy (non-hydrogen) atoms. The summed E-state index contributed by atoms with van der Waals surface area (Å²) < 4.78 is 52.8. The summed E-state index contributed by atoms with van der Waals surface area (Å²) in [4.78, 5) is 21.0. The zero-order valence-corrected chi connectivity index (χ0v) is 20.4. The third-order valence-electron chi connectivity index (χ3n) is 4.47. The maximum absolute atomic E-state index is 13.2. The van der Waals surface area contributed by atoms with Gasteiger partial charge in [0.15, 0.2) is 16.6 Å². The number of nitrogens with zero attached hydrogens (tertiary/aromatic N) is 3. The number of aromatic nitrogens is 1. The quantitative estimate of drug-likeness (QED) is 0.438. The van der Waals surface area contributed by atoms with Gasteiger partial charge in [0.2, 0.25) is 0 Å². The van der Waals surface area contributed by atoms with Crippen molar-refractivity contribution < 1.29 is 32.2 Å². The first-order valence-electron chi connectivity index (χ1n) is 9.72. The van der Waals surface area contributed by atoms with Crippen LogP contribution in [0.5, 0.6) is 17.2 Å². The van der Waals surface area contributed by atoms with Crippen molar-refractivity contribution in [3.05, 3.63) is 36.4 Å². The lowest BCUT2D eigenvalue weighted by Crippen LogP contribution is -2.39. The van der Waals surface area contributed by atoms with Gasteiger partial charge >= 0.3 is 12.4 Å². The highest BCUT2D eigenvalue weighted by Crippen LogP contribution is 2.36. The molecule has 0 bridgehead atoms. The first kappa shape index (κ1) is 27.3. The molecule has 0 fully saturated rings. The molecule has 0 atom stereocenters. The number of rotatable bonds is 8. The second-order valence-electron chi connectivity index (χ2n) is 7.10. The van der Waals surface area contributed by atoms with E-state index in [9.17, 15) is 18.0 Å². The third-order valence-corrected chi connectivity index (χ3v) is 5.51. The van der Waals surface area contributed by atoms with E-state index in [1.54, 1.807) is 18.2 Å². The maximum Gasteiger partial charge on any atom is 0.573 e. The third kappa shape index (κ3) is 6.78. The van der Waals surface area contributed by atoms with Crippen LogP contribution in [0.3, 0.4) is 0 Å². The summed E-state index contributed by atoms with van der Waals surface area (Å²) in [5, 5.41) is 3.13. The van der Waals surface area contributed by atoms with Crippen LogP contribution in [-0.4, -0.2) is 63.7 Å². The van der Waals surface area contributed by atoms with Crippen LogP contribution in [0.4, 0.5) is 28.8 Å². The van der Waals surface area contributed by atoms with E-state index < -0.39 is 12.4 Å². The van der Waals surface area contributed by atoms with E-state index in [1.807, 2.05) is 19.0 Å². The van der Waals surface area contributed by atoms with Gasteiger partial charge in [-0.2, -0.15) is 0 Å². The second-order valence-corrected chi connectivity index (χ2v) is 8.11. The molecule has 0 radical (unpaired) electrons. The second kappa shape index (κ2) is 11.4. The highest BCUT2D eigenvalue weighted by atomic mass is 35.5. The molecule has 0 aliphatic rings. The van der Waals surface area contributed by atoms with Crippen molar-refractivity contribution in [2.45, 2.75) is 6.36 Å². The lowest BCUT2D eigenvalue weighted by atomic mass is 10.2. The number of para-hydroxylation sites is 1. The number of likely N-dealkylation sites (N-methyl/N-ethyl adjacent to an activating group) is 1. The minimum Gasteiger partial charge on any atom is -0.493 e. The zero-order chi connectivity index (χ0) is 24.2. The number of ether oxygens (including phenoxy) is 3. The maximum atomic E-state index is 13.2. The van der Waals surface area contributed by atoms with E-state index in [0.29, 0.717) is 39.1 Å². The van der Waals surface area contributed by atoms with Crippen LogP contribution in [-0.2, 0) is 0 Å². The van der Waals surface area contributed by atoms with Gasteiger partial charge in [-0.25, -0.2) is 9.78 Å². The molecular formula is C21H24ClF3N4O4S. The molecule has 0 aliphatic carbocycles. The Morgan fingerprint density at radius 2 is 1.85 bits per heavy atom. The molecule has 3 rings (SSSR count). The number of anilines is 2. The van der Waals surface area contributed by atoms with Crippen LogP contribution < -0.4 is 24.4 Å². The molecule has 2 aromatic carbocycles. The highest BCUT2D eigenvalue weighted by Gasteiger charge is 2.31. The SMILES string of the molecule is COc1cccc(NC(=O)N(CCN(C)C)c2nc3ccc(OC(F)(F)F)cc3s2)c1OC.Cl. The summed E-state index contributed by atoms with van der Waals surface area (Å²) in [6.07, 6.45) is -4.80. The van der Waals surface area contributed by atoms with Gasteiger partial charge in [0.1, 0.15) is 5.75 Å². The number of alkyl halides is 3. The number of fused-ring (bicyclic) bond motifs is 1. The molecule has 0 aliphatic heterocycles. The van der Waals surface area contributed by atoms with E-state index in [-0.39, 0.29) is 24.7 Å². The molecular weight excluding hydrogens is 497 g/mol. The summed E-state index contributed by atoms with van der Waals surface area (Å²) in [5.41, 5.74) is 0.852. The number of benzene rings is 2. The summed E-state index contributed by atoms with van der Waals surface area (Å²) in [6, 6.07) is 8.45. The van der Waals surface area contributed by atoms with Crippen molar-refractivity contribution >= 4 is 50.8 Å². The van der Waals surface area contributed by atoms with Gasteiger partial charge in [0.25, 0.3) is 0 Å². The molecule has 13 heteroatoms. The van der Waals surface area contributed by atoms with E-state index in [2.05, 4.69) is 15.0 Å². The number of thiazole rings is 1. The van der Waals surface area contributed by atoms with Crippen molar-refractivity contribution in [2.75, 3.05) is 51.6 Å². The lowest BCUT2D eigenvalue weighted by Gasteiger charge is -2.23. The summed E-state index contributed by atoms with van der Waals surface area (Å²) in [7, 11) is 6.68. The van der Waals surface area contributed by atoms with E-state index in [1.165, 1.54) is 37.3 Å². The summed E-state index contributed by atoms with van der Waals surface area (Å²) in [6.45, 7) is 0.817. The van der Waals surface area contributed by atoms with E-state index in [4.69, 9.17) is 9.47 Å². The fourth-order valence-electron chi connectivity index (χ4n) is 2.96. The van der Waals surface area contributed by atoms with Crippen LogP contribution in [0.2, 0.25) is 0 Å². The fraction of sp³-hybridized carbons (Fsp3) is 0.333. The molecule has 0 spiro atoms. The standard InChI is InChI=1S/C21H23F3N4O4S.ClH/c1-27(2)10-11-28(19(29)25-15-6-5-7-16(30-3)18(15)31-4)20-26-14-9-8-13(12-17(14)33-20)32-21(22,23)24;/h5-9,12H,10-11H2,1-4H3,(H,25,29);1H. The fourth-order valence-corrected chi connectivity index (χ4v) is 3.98. The normalized spacial score (nSPS) is 11.2.